The quantitative estimate of drug-likeness (QED) is 0.357. The van der Waals surface area contributed by atoms with Crippen LogP contribution in [0, 0.1) is 0 Å². The first-order valence-corrected chi connectivity index (χ1v) is 12.3. The van der Waals surface area contributed by atoms with Gasteiger partial charge in [-0.05, 0) is 76.5 Å². The highest BCUT2D eigenvalue weighted by atomic mass is 35.5. The molecule has 0 saturated carbocycles. The van der Waals surface area contributed by atoms with Gasteiger partial charge in [0.2, 0.25) is 0 Å². The molecule has 1 aromatic heterocycles. The first-order valence-electron chi connectivity index (χ1n) is 10.6. The van der Waals surface area contributed by atoms with Gasteiger partial charge >= 0.3 is 17.7 Å². The van der Waals surface area contributed by atoms with Crippen molar-refractivity contribution in [2.45, 2.75) is 64.5 Å². The molecule has 0 bridgehead atoms. The number of hydrogen-bond donors (Lipinski definition) is 1. The van der Waals surface area contributed by atoms with Gasteiger partial charge in [-0.2, -0.15) is 11.8 Å². The van der Waals surface area contributed by atoms with Crippen LogP contribution in [0.5, 0.6) is 5.75 Å². The molecule has 2 aromatic rings. The highest BCUT2D eigenvalue weighted by Gasteiger charge is 2.27. The lowest BCUT2D eigenvalue weighted by atomic mass is 9.91. The summed E-state index contributed by atoms with van der Waals surface area (Å²) in [5.74, 6) is 0.0249. The topological polar surface area (TPSA) is 94.8 Å². The van der Waals surface area contributed by atoms with Gasteiger partial charge in [-0.1, -0.05) is 11.6 Å². The summed E-state index contributed by atoms with van der Waals surface area (Å²) in [5.41, 5.74) is 0.908. The molecule has 1 aliphatic rings. The van der Waals surface area contributed by atoms with E-state index < -0.39 is 23.7 Å². The van der Waals surface area contributed by atoms with Crippen LogP contribution in [0.3, 0.4) is 0 Å². The molecule has 0 aliphatic heterocycles. The van der Waals surface area contributed by atoms with Crippen LogP contribution in [0.4, 0.5) is 4.79 Å². The number of thioether (sulfide) groups is 1. The van der Waals surface area contributed by atoms with Gasteiger partial charge in [0, 0.05) is 17.0 Å². The normalized spacial score (nSPS) is 14.5. The number of rotatable bonds is 6. The Labute approximate surface area is 196 Å². The molecule has 1 aromatic carbocycles. The SMILES string of the molecule is CSCC[C@@H](NC(=O)OC(C)(C)C)C(=O)Oc1cc2oc(=O)c3c(c2cc1Cl)CCCC3. The van der Waals surface area contributed by atoms with Gasteiger partial charge in [-0.3, -0.25) is 0 Å². The molecule has 0 saturated heterocycles. The summed E-state index contributed by atoms with van der Waals surface area (Å²) in [6, 6.07) is 2.22. The molecule has 0 radical (unpaired) electrons. The van der Waals surface area contributed by atoms with Crippen molar-refractivity contribution >= 4 is 46.4 Å². The maximum atomic E-state index is 12.9. The predicted octanol–water partition coefficient (Wildman–Crippen LogP) is 4.88. The summed E-state index contributed by atoms with van der Waals surface area (Å²) in [6.45, 7) is 5.22. The fourth-order valence-electron chi connectivity index (χ4n) is 3.64. The summed E-state index contributed by atoms with van der Waals surface area (Å²) < 4.78 is 16.3. The van der Waals surface area contributed by atoms with Crippen LogP contribution >= 0.6 is 23.4 Å². The number of aryl methyl sites for hydroxylation is 1. The van der Waals surface area contributed by atoms with Crippen molar-refractivity contribution in [2.24, 2.45) is 0 Å². The number of ether oxygens (including phenoxy) is 2. The lowest BCUT2D eigenvalue weighted by Crippen LogP contribution is -2.45. The smallest absolute Gasteiger partial charge is 0.408 e. The standard InChI is InChI=1S/C23H28ClNO6S/c1-23(2,3)31-22(28)25-17(9-10-32-4)21(27)30-19-12-18-15(11-16(19)24)13-7-5-6-8-14(13)20(26)29-18/h11-12,17H,5-10H2,1-4H3,(H,25,28)/t17-/m1/s1. The van der Waals surface area contributed by atoms with Crippen LogP contribution in [0.25, 0.3) is 11.0 Å². The minimum atomic E-state index is -0.917. The van der Waals surface area contributed by atoms with E-state index in [0.717, 1.165) is 30.2 Å². The lowest BCUT2D eigenvalue weighted by Gasteiger charge is -2.23. The maximum absolute atomic E-state index is 12.9. The Morgan fingerprint density at radius 3 is 2.56 bits per heavy atom. The minimum absolute atomic E-state index is 0.0724. The Balaban J connectivity index is 1.85. The van der Waals surface area contributed by atoms with E-state index in [1.54, 1.807) is 26.8 Å². The molecule has 0 unspecified atom stereocenters. The average molecular weight is 482 g/mol. The van der Waals surface area contributed by atoms with Crippen LogP contribution < -0.4 is 15.7 Å². The molecule has 1 amide bonds. The summed E-state index contributed by atoms with van der Waals surface area (Å²) in [4.78, 5) is 37.4. The van der Waals surface area contributed by atoms with E-state index in [-0.39, 0.29) is 16.4 Å². The number of halogens is 1. The van der Waals surface area contributed by atoms with E-state index in [1.807, 2.05) is 6.26 Å². The second kappa shape index (κ2) is 10.2. The van der Waals surface area contributed by atoms with E-state index >= 15 is 0 Å². The largest absolute Gasteiger partial charge is 0.444 e. The van der Waals surface area contributed by atoms with Crippen molar-refractivity contribution in [3.8, 4) is 5.75 Å². The van der Waals surface area contributed by atoms with Gasteiger partial charge in [0.05, 0.1) is 5.02 Å². The summed E-state index contributed by atoms with van der Waals surface area (Å²) in [6.07, 6.45) is 4.97. The average Bonchev–Trinajstić information content (AvgIpc) is 2.71. The number of benzene rings is 1. The molecule has 1 atom stereocenters. The van der Waals surface area contributed by atoms with E-state index in [9.17, 15) is 14.4 Å². The molecule has 32 heavy (non-hydrogen) atoms. The van der Waals surface area contributed by atoms with Crippen LogP contribution in [-0.4, -0.2) is 35.7 Å². The van der Waals surface area contributed by atoms with Crippen molar-refractivity contribution in [2.75, 3.05) is 12.0 Å². The predicted molar refractivity (Wildman–Crippen MR) is 126 cm³/mol. The van der Waals surface area contributed by atoms with Gasteiger partial charge in [-0.25, -0.2) is 14.4 Å². The zero-order valence-corrected chi connectivity index (χ0v) is 20.3. The molecule has 0 fully saturated rings. The molecular formula is C23H28ClNO6S. The highest BCUT2D eigenvalue weighted by molar-refractivity contribution is 7.98. The zero-order chi connectivity index (χ0) is 23.5. The number of nitrogens with one attached hydrogen (secondary N) is 1. The number of fused-ring (bicyclic) bond motifs is 3. The summed E-state index contributed by atoms with van der Waals surface area (Å²) in [7, 11) is 0. The molecular weight excluding hydrogens is 454 g/mol. The minimum Gasteiger partial charge on any atom is -0.444 e. The third-order valence-electron chi connectivity index (χ3n) is 5.07. The second-order valence-corrected chi connectivity index (χ2v) is 10.1. The number of amides is 1. The first-order chi connectivity index (χ1) is 15.1. The number of carbonyl (C=O) groups excluding carboxylic acids is 2. The number of esters is 1. The molecule has 1 aliphatic carbocycles. The van der Waals surface area contributed by atoms with Gasteiger partial charge in [0.15, 0.2) is 5.75 Å². The van der Waals surface area contributed by atoms with Crippen LogP contribution in [0.1, 0.15) is 51.2 Å². The molecule has 9 heteroatoms. The number of carbonyl (C=O) groups is 2. The monoisotopic (exact) mass is 481 g/mol. The van der Waals surface area contributed by atoms with E-state index in [1.165, 1.54) is 17.8 Å². The van der Waals surface area contributed by atoms with Gasteiger partial charge in [-0.15, -0.1) is 0 Å². The summed E-state index contributed by atoms with van der Waals surface area (Å²) in [5, 5.41) is 3.56. The van der Waals surface area contributed by atoms with Gasteiger partial charge < -0.3 is 19.2 Å². The fraction of sp³-hybridized carbons (Fsp3) is 0.522. The Bertz CT molecular complexity index is 1070. The van der Waals surface area contributed by atoms with Crippen molar-refractivity contribution < 1.29 is 23.5 Å². The van der Waals surface area contributed by atoms with Crippen molar-refractivity contribution in [3.63, 3.8) is 0 Å². The zero-order valence-electron chi connectivity index (χ0n) is 18.7. The highest BCUT2D eigenvalue weighted by Crippen LogP contribution is 2.34. The van der Waals surface area contributed by atoms with Gasteiger partial charge in [0.1, 0.15) is 17.2 Å². The van der Waals surface area contributed by atoms with Crippen LogP contribution in [-0.2, 0) is 22.4 Å². The Hall–Kier alpha value is -2.19. The third kappa shape index (κ3) is 5.98. The molecule has 7 nitrogen and oxygen atoms in total. The Kier molecular flexibility index (Phi) is 7.77. The second-order valence-electron chi connectivity index (χ2n) is 8.73. The molecule has 1 N–H and O–H groups in total. The molecule has 174 valence electrons. The van der Waals surface area contributed by atoms with Crippen molar-refractivity contribution in [1.82, 2.24) is 5.32 Å². The van der Waals surface area contributed by atoms with E-state index in [4.69, 9.17) is 25.5 Å². The molecule has 1 heterocycles. The Morgan fingerprint density at radius 2 is 1.91 bits per heavy atom. The number of hydrogen-bond acceptors (Lipinski definition) is 7. The Morgan fingerprint density at radius 1 is 1.22 bits per heavy atom. The molecule has 3 rings (SSSR count). The maximum Gasteiger partial charge on any atom is 0.408 e. The fourth-order valence-corrected chi connectivity index (χ4v) is 4.31. The van der Waals surface area contributed by atoms with E-state index in [0.29, 0.717) is 29.7 Å². The molecule has 0 spiro atoms. The third-order valence-corrected chi connectivity index (χ3v) is 6.01. The van der Waals surface area contributed by atoms with Crippen molar-refractivity contribution in [1.29, 1.82) is 0 Å². The van der Waals surface area contributed by atoms with Crippen molar-refractivity contribution in [3.05, 3.63) is 38.7 Å². The lowest BCUT2D eigenvalue weighted by molar-refractivity contribution is -0.136. The first kappa shape index (κ1) is 24.5. The summed E-state index contributed by atoms with van der Waals surface area (Å²) >= 11 is 7.96. The van der Waals surface area contributed by atoms with Gasteiger partial charge in [0.25, 0.3) is 0 Å². The van der Waals surface area contributed by atoms with Crippen LogP contribution in [0.2, 0.25) is 5.02 Å². The number of alkyl carbamates (subject to hydrolysis) is 1. The van der Waals surface area contributed by atoms with E-state index in [2.05, 4.69) is 5.32 Å². The van der Waals surface area contributed by atoms with Crippen LogP contribution in [0.15, 0.2) is 21.3 Å².